The first-order chi connectivity index (χ1) is 8.61. The number of aromatic amines is 2. The number of hydroxylamine groups is 1. The van der Waals surface area contributed by atoms with Crippen molar-refractivity contribution in [2.24, 2.45) is 0 Å². The van der Waals surface area contributed by atoms with Crippen LogP contribution in [-0.4, -0.2) is 22.5 Å². The summed E-state index contributed by atoms with van der Waals surface area (Å²) in [7, 11) is 0. The molecule has 0 atom stereocenters. The number of carbonyl (C=O) groups excluding carboxylic acids is 1. The highest BCUT2D eigenvalue weighted by molar-refractivity contribution is 7.71. The van der Waals surface area contributed by atoms with E-state index in [9.17, 15) is 9.59 Å². The summed E-state index contributed by atoms with van der Waals surface area (Å²) in [4.78, 5) is 33.3. The lowest BCUT2D eigenvalue weighted by Gasteiger charge is -2.04. The van der Waals surface area contributed by atoms with Gasteiger partial charge in [-0.05, 0) is 37.3 Å². The van der Waals surface area contributed by atoms with Crippen molar-refractivity contribution in [3.8, 4) is 0 Å². The smallest absolute Gasteiger partial charge is 0.274 e. The van der Waals surface area contributed by atoms with E-state index in [-0.39, 0.29) is 16.2 Å². The van der Waals surface area contributed by atoms with Crippen molar-refractivity contribution in [3.63, 3.8) is 0 Å². The molecule has 0 saturated carbocycles. The van der Waals surface area contributed by atoms with Gasteiger partial charge in [0.2, 0.25) is 0 Å². The number of nitrogens with one attached hydrogen (secondary N) is 3. The summed E-state index contributed by atoms with van der Waals surface area (Å²) >= 11 is 4.87. The van der Waals surface area contributed by atoms with Gasteiger partial charge in [-0.1, -0.05) is 0 Å². The Hall–Kier alpha value is -1.99. The molecule has 0 spiro atoms. The van der Waals surface area contributed by atoms with Gasteiger partial charge >= 0.3 is 0 Å². The van der Waals surface area contributed by atoms with Crippen LogP contribution in [0.25, 0.3) is 10.9 Å². The number of hydrogen-bond acceptors (Lipinski definition) is 4. The fourth-order valence-corrected chi connectivity index (χ4v) is 1.71. The Morgan fingerprint density at radius 2 is 2.22 bits per heavy atom. The molecular weight excluding hydrogens is 254 g/mol. The van der Waals surface area contributed by atoms with Gasteiger partial charge in [-0.2, -0.15) is 0 Å². The molecule has 0 fully saturated rings. The van der Waals surface area contributed by atoms with E-state index in [1.807, 2.05) is 0 Å². The maximum Gasteiger partial charge on any atom is 0.274 e. The van der Waals surface area contributed by atoms with E-state index in [2.05, 4.69) is 15.4 Å². The first kappa shape index (κ1) is 12.5. The molecule has 1 aromatic heterocycles. The second-order valence-corrected chi connectivity index (χ2v) is 3.94. The molecule has 18 heavy (non-hydrogen) atoms. The minimum Gasteiger partial charge on any atom is -0.332 e. The maximum atomic E-state index is 11.7. The number of hydrogen-bond donors (Lipinski definition) is 3. The molecule has 0 radical (unpaired) electrons. The van der Waals surface area contributed by atoms with Crippen molar-refractivity contribution in [2.45, 2.75) is 6.92 Å². The standard InChI is InChI=1S/C11H11N3O3S/c1-2-17-14-9(15)6-3-4-7-8(5-6)12-11(18)13-10(7)16/h3-5H,2H2,1H3,(H,14,15)(H2,12,13,16,18). The Balaban J connectivity index is 2.47. The van der Waals surface area contributed by atoms with Crippen molar-refractivity contribution in [2.75, 3.05) is 6.61 Å². The van der Waals surface area contributed by atoms with E-state index in [1.54, 1.807) is 25.1 Å². The Morgan fingerprint density at radius 3 is 2.94 bits per heavy atom. The monoisotopic (exact) mass is 265 g/mol. The second kappa shape index (κ2) is 5.11. The molecule has 0 aliphatic rings. The van der Waals surface area contributed by atoms with Crippen molar-refractivity contribution >= 4 is 29.0 Å². The average molecular weight is 265 g/mol. The predicted octanol–water partition coefficient (Wildman–Crippen LogP) is 1.27. The fraction of sp³-hybridized carbons (Fsp3) is 0.182. The van der Waals surface area contributed by atoms with Crippen molar-refractivity contribution in [1.29, 1.82) is 0 Å². The third-order valence-corrected chi connectivity index (χ3v) is 2.51. The molecule has 2 aromatic rings. The summed E-state index contributed by atoms with van der Waals surface area (Å²) in [6.45, 7) is 2.14. The van der Waals surface area contributed by atoms with E-state index in [0.717, 1.165) is 0 Å². The first-order valence-electron chi connectivity index (χ1n) is 5.30. The van der Waals surface area contributed by atoms with Gasteiger partial charge in [0.1, 0.15) is 0 Å². The lowest BCUT2D eigenvalue weighted by molar-refractivity contribution is 0.0364. The molecule has 0 saturated heterocycles. The molecule has 0 aliphatic carbocycles. The Labute approximate surface area is 107 Å². The Bertz CT molecular complexity index is 704. The maximum absolute atomic E-state index is 11.7. The van der Waals surface area contributed by atoms with Crippen LogP contribution in [0.4, 0.5) is 0 Å². The molecule has 1 heterocycles. The second-order valence-electron chi connectivity index (χ2n) is 3.53. The van der Waals surface area contributed by atoms with Gasteiger partial charge in [-0.25, -0.2) is 5.48 Å². The fourth-order valence-electron chi connectivity index (χ4n) is 1.51. The average Bonchev–Trinajstić information content (AvgIpc) is 2.34. The summed E-state index contributed by atoms with van der Waals surface area (Å²) in [6, 6.07) is 4.65. The highest BCUT2D eigenvalue weighted by atomic mass is 32.1. The molecule has 2 rings (SSSR count). The van der Waals surface area contributed by atoms with Crippen LogP contribution < -0.4 is 11.0 Å². The predicted molar refractivity (Wildman–Crippen MR) is 68.8 cm³/mol. The Morgan fingerprint density at radius 1 is 1.44 bits per heavy atom. The van der Waals surface area contributed by atoms with E-state index in [1.165, 1.54) is 0 Å². The minimum atomic E-state index is -0.377. The van der Waals surface area contributed by atoms with Crippen molar-refractivity contribution < 1.29 is 9.63 Å². The molecule has 1 aromatic carbocycles. The quantitative estimate of drug-likeness (QED) is 0.576. The van der Waals surface area contributed by atoms with Crippen LogP contribution in [-0.2, 0) is 4.84 Å². The summed E-state index contributed by atoms with van der Waals surface area (Å²) in [6.07, 6.45) is 0. The summed E-state index contributed by atoms with van der Waals surface area (Å²) in [5.74, 6) is -0.377. The van der Waals surface area contributed by atoms with Crippen LogP contribution in [0.15, 0.2) is 23.0 Å². The van der Waals surface area contributed by atoms with E-state index >= 15 is 0 Å². The van der Waals surface area contributed by atoms with Gasteiger partial charge in [0.25, 0.3) is 11.5 Å². The van der Waals surface area contributed by atoms with E-state index in [4.69, 9.17) is 17.1 Å². The summed E-state index contributed by atoms with van der Waals surface area (Å²) in [5.41, 5.74) is 2.88. The molecule has 1 amide bonds. The van der Waals surface area contributed by atoms with Crippen molar-refractivity contribution in [1.82, 2.24) is 15.4 Å². The van der Waals surface area contributed by atoms with Gasteiger partial charge < -0.3 is 4.98 Å². The topological polar surface area (TPSA) is 87.0 Å². The molecule has 0 bridgehead atoms. The molecule has 94 valence electrons. The zero-order valence-corrected chi connectivity index (χ0v) is 10.4. The zero-order chi connectivity index (χ0) is 13.1. The van der Waals surface area contributed by atoms with E-state index < -0.39 is 0 Å². The first-order valence-corrected chi connectivity index (χ1v) is 5.71. The number of rotatable bonds is 3. The lowest BCUT2D eigenvalue weighted by Crippen LogP contribution is -2.23. The highest BCUT2D eigenvalue weighted by Gasteiger charge is 2.07. The van der Waals surface area contributed by atoms with Crippen LogP contribution in [0, 0.1) is 4.77 Å². The molecule has 0 aliphatic heterocycles. The van der Waals surface area contributed by atoms with E-state index in [0.29, 0.717) is 23.1 Å². The molecule has 0 unspecified atom stereocenters. The molecule has 3 N–H and O–H groups in total. The largest absolute Gasteiger partial charge is 0.332 e. The third kappa shape index (κ3) is 2.47. The normalized spacial score (nSPS) is 10.5. The van der Waals surface area contributed by atoms with Crippen molar-refractivity contribution in [3.05, 3.63) is 38.9 Å². The number of carbonyl (C=O) groups is 1. The molecule has 7 heteroatoms. The number of H-pyrrole nitrogens is 2. The molecule has 6 nitrogen and oxygen atoms in total. The van der Waals surface area contributed by atoms with Gasteiger partial charge in [0.05, 0.1) is 17.5 Å². The number of aromatic nitrogens is 2. The van der Waals surface area contributed by atoms with Gasteiger partial charge in [-0.3, -0.25) is 19.4 Å². The van der Waals surface area contributed by atoms with Crippen LogP contribution in [0.1, 0.15) is 17.3 Å². The third-order valence-electron chi connectivity index (χ3n) is 2.31. The van der Waals surface area contributed by atoms with Gasteiger partial charge in [-0.15, -0.1) is 0 Å². The number of fused-ring (bicyclic) bond motifs is 1. The minimum absolute atomic E-state index is 0.217. The van der Waals surface area contributed by atoms with Crippen LogP contribution in [0.5, 0.6) is 0 Å². The Kier molecular flexibility index (Phi) is 3.54. The van der Waals surface area contributed by atoms with Gasteiger partial charge in [0, 0.05) is 5.56 Å². The summed E-state index contributed by atoms with van der Waals surface area (Å²) < 4.78 is 0.217. The molecular formula is C11H11N3O3S. The van der Waals surface area contributed by atoms with Crippen LogP contribution in [0.2, 0.25) is 0 Å². The lowest BCUT2D eigenvalue weighted by atomic mass is 10.1. The highest BCUT2D eigenvalue weighted by Crippen LogP contribution is 2.09. The number of benzene rings is 1. The zero-order valence-electron chi connectivity index (χ0n) is 9.57. The SMILES string of the molecule is CCONC(=O)c1ccc2c(=O)[nH]c(=S)[nH]c2c1. The van der Waals surface area contributed by atoms with Gasteiger partial charge in [0.15, 0.2) is 4.77 Å². The number of amides is 1. The van der Waals surface area contributed by atoms with Crippen LogP contribution >= 0.6 is 12.2 Å². The summed E-state index contributed by atoms with van der Waals surface area (Å²) in [5, 5.41) is 0.441. The van der Waals surface area contributed by atoms with Crippen LogP contribution in [0.3, 0.4) is 0 Å².